The van der Waals surface area contributed by atoms with Gasteiger partial charge in [0, 0.05) is 0 Å². The number of benzene rings is 2. The van der Waals surface area contributed by atoms with E-state index in [1.165, 1.54) is 40.0 Å². The van der Waals surface area contributed by atoms with Crippen LogP contribution in [0.1, 0.15) is 39.5 Å². The molecule has 0 heterocycles. The standard InChI is InChI=1S/C18H24Te2/c1-3-5-13-19-16-11-7-9-15-10-8-12-17(18(15)16)20-14-6-4-2/h7-12H,3-6,13-14H2,1-2H3. The van der Waals surface area contributed by atoms with Gasteiger partial charge in [0.25, 0.3) is 0 Å². The Morgan fingerprint density at radius 2 is 1.25 bits per heavy atom. The first-order valence-corrected chi connectivity index (χ1v) is 13.3. The molecule has 0 bridgehead atoms. The third-order valence-electron chi connectivity index (χ3n) is 3.34. The number of fused-ring (bicyclic) bond motifs is 1. The van der Waals surface area contributed by atoms with Crippen molar-refractivity contribution in [3.63, 3.8) is 0 Å². The van der Waals surface area contributed by atoms with E-state index in [9.17, 15) is 0 Å². The summed E-state index contributed by atoms with van der Waals surface area (Å²) in [7, 11) is 0. The Morgan fingerprint density at radius 3 is 1.70 bits per heavy atom. The molecule has 0 saturated carbocycles. The fraction of sp³-hybridized carbons (Fsp3) is 0.444. The second-order valence-electron chi connectivity index (χ2n) is 5.01. The molecule has 2 aromatic carbocycles. The van der Waals surface area contributed by atoms with Crippen molar-refractivity contribution in [3.05, 3.63) is 36.4 Å². The van der Waals surface area contributed by atoms with Crippen LogP contribution in [0.25, 0.3) is 10.8 Å². The molecule has 20 heavy (non-hydrogen) atoms. The predicted molar refractivity (Wildman–Crippen MR) is 94.2 cm³/mol. The molecule has 0 spiro atoms. The number of unbranched alkanes of at least 4 members (excludes halogenated alkanes) is 2. The fourth-order valence-corrected chi connectivity index (χ4v) is 9.64. The van der Waals surface area contributed by atoms with E-state index in [0.717, 1.165) is 0 Å². The first-order chi connectivity index (χ1) is 9.86. The molecular weight excluding hydrogens is 471 g/mol. The summed E-state index contributed by atoms with van der Waals surface area (Å²) in [6, 6.07) is 14.0. The molecule has 0 fully saturated rings. The van der Waals surface area contributed by atoms with E-state index in [4.69, 9.17) is 0 Å². The molecule has 2 rings (SSSR count). The third kappa shape index (κ3) is 4.64. The van der Waals surface area contributed by atoms with E-state index in [-0.39, 0.29) is 41.8 Å². The van der Waals surface area contributed by atoms with Crippen molar-refractivity contribution in [1.29, 1.82) is 0 Å². The Kier molecular flexibility index (Phi) is 7.76. The molecule has 0 saturated heterocycles. The predicted octanol–water partition coefficient (Wildman–Crippen LogP) is 3.94. The number of hydrogen-bond donors (Lipinski definition) is 0. The molecule has 108 valence electrons. The summed E-state index contributed by atoms with van der Waals surface area (Å²) in [5.41, 5.74) is 0. The van der Waals surface area contributed by atoms with Gasteiger partial charge in [0.15, 0.2) is 0 Å². The van der Waals surface area contributed by atoms with Gasteiger partial charge in [-0.2, -0.15) is 0 Å². The van der Waals surface area contributed by atoms with Crippen molar-refractivity contribution in [3.8, 4) is 0 Å². The summed E-state index contributed by atoms with van der Waals surface area (Å²) in [4.78, 5) is 0. The van der Waals surface area contributed by atoms with Crippen molar-refractivity contribution in [2.24, 2.45) is 0 Å². The van der Waals surface area contributed by atoms with Crippen molar-refractivity contribution in [2.75, 3.05) is 0 Å². The topological polar surface area (TPSA) is 0 Å². The minimum absolute atomic E-state index is 0.0115. The summed E-state index contributed by atoms with van der Waals surface area (Å²) < 4.78 is 6.37. The Bertz CT molecular complexity index is 489. The maximum atomic E-state index is 2.41. The van der Waals surface area contributed by atoms with E-state index in [1.807, 2.05) is 0 Å². The average molecular weight is 496 g/mol. The molecule has 0 N–H and O–H groups in total. The number of hydrogen-bond acceptors (Lipinski definition) is 0. The van der Waals surface area contributed by atoms with Gasteiger partial charge in [0.05, 0.1) is 0 Å². The molecule has 0 nitrogen and oxygen atoms in total. The van der Waals surface area contributed by atoms with Gasteiger partial charge in [-0.15, -0.1) is 0 Å². The molecule has 2 aromatic rings. The quantitative estimate of drug-likeness (QED) is 0.385. The second-order valence-corrected chi connectivity index (χ2v) is 11.5. The molecule has 0 aliphatic heterocycles. The zero-order chi connectivity index (χ0) is 14.2. The van der Waals surface area contributed by atoms with Gasteiger partial charge in [-0.25, -0.2) is 0 Å². The Balaban J connectivity index is 2.26. The van der Waals surface area contributed by atoms with Crippen LogP contribution in [-0.2, 0) is 0 Å². The molecule has 0 aliphatic carbocycles. The van der Waals surface area contributed by atoms with E-state index in [2.05, 4.69) is 50.2 Å². The maximum absolute atomic E-state index is 2.41. The number of rotatable bonds is 8. The molecule has 0 aliphatic rings. The van der Waals surface area contributed by atoms with Gasteiger partial charge < -0.3 is 0 Å². The van der Waals surface area contributed by atoms with Crippen molar-refractivity contribution >= 4 is 59.8 Å². The monoisotopic (exact) mass is 500 g/mol. The zero-order valence-electron chi connectivity index (χ0n) is 12.5. The van der Waals surface area contributed by atoms with Gasteiger partial charge >= 0.3 is 145 Å². The molecule has 0 atom stereocenters. The van der Waals surface area contributed by atoms with Crippen LogP contribution in [0.3, 0.4) is 0 Å². The third-order valence-corrected chi connectivity index (χ3v) is 9.87. The summed E-state index contributed by atoms with van der Waals surface area (Å²) in [6.07, 6.45) is 5.50. The summed E-state index contributed by atoms with van der Waals surface area (Å²) in [5.74, 6) is 0. The van der Waals surface area contributed by atoms with Crippen LogP contribution in [0.4, 0.5) is 0 Å². The van der Waals surface area contributed by atoms with Crippen molar-refractivity contribution < 1.29 is 0 Å². The van der Waals surface area contributed by atoms with Gasteiger partial charge in [-0.3, -0.25) is 0 Å². The van der Waals surface area contributed by atoms with Crippen LogP contribution in [0.5, 0.6) is 0 Å². The molecule has 0 amide bonds. The van der Waals surface area contributed by atoms with Crippen LogP contribution >= 0.6 is 0 Å². The first-order valence-electron chi connectivity index (χ1n) is 7.64. The van der Waals surface area contributed by atoms with Crippen LogP contribution in [-0.4, -0.2) is 41.8 Å². The van der Waals surface area contributed by atoms with Gasteiger partial charge in [0.2, 0.25) is 0 Å². The van der Waals surface area contributed by atoms with Crippen LogP contribution in [0, 0.1) is 0 Å². The van der Waals surface area contributed by atoms with E-state index >= 15 is 0 Å². The Labute approximate surface area is 143 Å². The van der Waals surface area contributed by atoms with Crippen molar-refractivity contribution in [2.45, 2.75) is 48.5 Å². The van der Waals surface area contributed by atoms with Crippen molar-refractivity contribution in [1.82, 2.24) is 0 Å². The zero-order valence-corrected chi connectivity index (χ0v) is 17.2. The van der Waals surface area contributed by atoms with E-state index in [1.54, 1.807) is 12.6 Å². The normalized spacial score (nSPS) is 11.1. The average Bonchev–Trinajstić information content (AvgIpc) is 2.48. The van der Waals surface area contributed by atoms with E-state index in [0.29, 0.717) is 0 Å². The van der Waals surface area contributed by atoms with Gasteiger partial charge in [0.1, 0.15) is 0 Å². The summed E-state index contributed by atoms with van der Waals surface area (Å²) in [5, 5.41) is 3.15. The molecule has 0 unspecified atom stereocenters. The molecular formula is C18H24Te2. The van der Waals surface area contributed by atoms with Crippen LogP contribution in [0.15, 0.2) is 36.4 Å². The van der Waals surface area contributed by atoms with Gasteiger partial charge in [-0.1, -0.05) is 0 Å². The second kappa shape index (κ2) is 9.33. The summed E-state index contributed by atoms with van der Waals surface area (Å²) in [6.45, 7) is 4.61. The fourth-order valence-electron chi connectivity index (χ4n) is 2.17. The summed E-state index contributed by atoms with van der Waals surface area (Å²) >= 11 is 0.0231. The Hall–Kier alpha value is 0.279. The van der Waals surface area contributed by atoms with Crippen LogP contribution < -0.4 is 7.22 Å². The molecule has 2 heteroatoms. The minimum atomic E-state index is 0.0115. The van der Waals surface area contributed by atoms with Crippen LogP contribution in [0.2, 0.25) is 8.94 Å². The molecule has 0 aromatic heterocycles. The first kappa shape index (κ1) is 16.6. The van der Waals surface area contributed by atoms with Gasteiger partial charge in [-0.05, 0) is 0 Å². The molecule has 0 radical (unpaired) electrons. The Morgan fingerprint density at radius 1 is 0.750 bits per heavy atom. The van der Waals surface area contributed by atoms with E-state index < -0.39 is 0 Å². The SMILES string of the molecule is CCCC[Te]c1cccc2cccc([Te]CCCC)c12.